The number of carbonyl (C=O) groups is 1. The maximum absolute atomic E-state index is 12.8. The minimum Gasteiger partial charge on any atom is -0.375 e. The van der Waals surface area contributed by atoms with Crippen LogP contribution in [0, 0.1) is 0 Å². The number of sulfonamides is 2. The third-order valence-electron chi connectivity index (χ3n) is 5.43. The van der Waals surface area contributed by atoms with Crippen molar-refractivity contribution in [3.8, 4) is 0 Å². The number of nitrogens with two attached hydrogens (primary N) is 1. The van der Waals surface area contributed by atoms with Gasteiger partial charge in [0.05, 0.1) is 29.0 Å². The topological polar surface area (TPSA) is 130 Å². The first-order valence-electron chi connectivity index (χ1n) is 9.86. The van der Waals surface area contributed by atoms with Crippen molar-refractivity contribution >= 4 is 26.0 Å². The van der Waals surface area contributed by atoms with Crippen LogP contribution in [0.25, 0.3) is 0 Å². The van der Waals surface area contributed by atoms with Crippen LogP contribution in [0.1, 0.15) is 13.3 Å². The average molecular weight is 461 g/mol. The van der Waals surface area contributed by atoms with E-state index in [-0.39, 0.29) is 41.4 Å². The van der Waals surface area contributed by atoms with Crippen LogP contribution in [-0.2, 0) is 29.6 Å². The molecule has 1 amide bonds. The molecule has 2 aliphatic heterocycles. The van der Waals surface area contributed by atoms with Crippen molar-refractivity contribution in [2.75, 3.05) is 52.4 Å². The number of hydrogen-bond donors (Lipinski definition) is 1. The fourth-order valence-electron chi connectivity index (χ4n) is 3.56. The normalized spacial score (nSPS) is 22.2. The maximum Gasteiger partial charge on any atom is 0.243 e. The van der Waals surface area contributed by atoms with Gasteiger partial charge >= 0.3 is 0 Å². The van der Waals surface area contributed by atoms with E-state index in [1.807, 2.05) is 16.7 Å². The molecule has 0 spiro atoms. The van der Waals surface area contributed by atoms with Gasteiger partial charge in [0.1, 0.15) is 0 Å². The van der Waals surface area contributed by atoms with Gasteiger partial charge in [-0.15, -0.1) is 0 Å². The van der Waals surface area contributed by atoms with E-state index < -0.39 is 20.0 Å². The second-order valence-electron chi connectivity index (χ2n) is 7.44. The van der Waals surface area contributed by atoms with E-state index in [2.05, 4.69) is 0 Å². The van der Waals surface area contributed by atoms with E-state index in [1.54, 1.807) is 0 Å². The van der Waals surface area contributed by atoms with Crippen LogP contribution in [0.2, 0.25) is 0 Å². The molecule has 2 heterocycles. The Balaban J connectivity index is 1.56. The van der Waals surface area contributed by atoms with E-state index in [9.17, 15) is 21.6 Å². The largest absolute Gasteiger partial charge is 0.375 e. The Kier molecular flexibility index (Phi) is 7.15. The highest BCUT2D eigenvalue weighted by molar-refractivity contribution is 7.89. The summed E-state index contributed by atoms with van der Waals surface area (Å²) in [4.78, 5) is 16.2. The molecular formula is C18H28N4O6S2. The van der Waals surface area contributed by atoms with Crippen molar-refractivity contribution < 1.29 is 26.4 Å². The summed E-state index contributed by atoms with van der Waals surface area (Å²) in [7, 11) is -7.63. The number of ether oxygens (including phenoxy) is 1. The molecule has 1 unspecified atom stereocenters. The first-order valence-corrected chi connectivity index (χ1v) is 12.8. The predicted octanol–water partition coefficient (Wildman–Crippen LogP) is -0.722. The molecule has 2 aliphatic rings. The second-order valence-corrected chi connectivity index (χ2v) is 10.9. The number of nitrogens with zero attached hydrogens (tertiary/aromatic N) is 3. The lowest BCUT2D eigenvalue weighted by Crippen LogP contribution is -2.53. The molecular weight excluding hydrogens is 432 g/mol. The summed E-state index contributed by atoms with van der Waals surface area (Å²) < 4.78 is 55.3. The van der Waals surface area contributed by atoms with Crippen LogP contribution in [0.3, 0.4) is 0 Å². The third-order valence-corrected chi connectivity index (χ3v) is 8.27. The molecule has 10 nitrogen and oxygen atoms in total. The van der Waals surface area contributed by atoms with Gasteiger partial charge in [-0.1, -0.05) is 6.92 Å². The van der Waals surface area contributed by atoms with Gasteiger partial charge in [-0.25, -0.2) is 22.0 Å². The number of carbonyl (C=O) groups excluding carboxylic acids is 1. The van der Waals surface area contributed by atoms with Crippen molar-refractivity contribution in [1.82, 2.24) is 14.1 Å². The molecule has 1 atom stereocenters. The van der Waals surface area contributed by atoms with Crippen LogP contribution in [0.15, 0.2) is 34.1 Å². The van der Waals surface area contributed by atoms with Gasteiger partial charge in [-0.05, 0) is 30.7 Å². The SMILES string of the molecule is CCC1CN(C(=O)CN2CCN(S(=O)(=O)c3ccc(S(N)(=O)=O)cc3)CC2)CCO1. The molecule has 30 heavy (non-hydrogen) atoms. The summed E-state index contributed by atoms with van der Waals surface area (Å²) in [5.74, 6) is 0.0339. The molecule has 2 fully saturated rings. The molecule has 2 saturated heterocycles. The third kappa shape index (κ3) is 5.37. The van der Waals surface area contributed by atoms with E-state index >= 15 is 0 Å². The molecule has 2 N–H and O–H groups in total. The quantitative estimate of drug-likeness (QED) is 0.593. The molecule has 12 heteroatoms. The number of morpholine rings is 1. The molecule has 3 rings (SSSR count). The summed E-state index contributed by atoms with van der Waals surface area (Å²) in [6.07, 6.45) is 0.934. The Labute approximate surface area is 177 Å². The number of amides is 1. The standard InChI is InChI=1S/C18H28N4O6S2/c1-2-15-13-21(11-12-28-15)18(23)14-20-7-9-22(10-8-20)30(26,27)17-5-3-16(4-6-17)29(19,24)25/h3-6,15H,2,7-14H2,1H3,(H2,19,24,25). The number of primary sulfonamides is 1. The Morgan fingerprint density at radius 1 is 1.03 bits per heavy atom. The predicted molar refractivity (Wildman–Crippen MR) is 110 cm³/mol. The van der Waals surface area contributed by atoms with Crippen molar-refractivity contribution in [3.63, 3.8) is 0 Å². The van der Waals surface area contributed by atoms with Gasteiger partial charge in [0, 0.05) is 39.3 Å². The maximum atomic E-state index is 12.8. The fraction of sp³-hybridized carbons (Fsp3) is 0.611. The fourth-order valence-corrected chi connectivity index (χ4v) is 5.50. The molecule has 0 bridgehead atoms. The summed E-state index contributed by atoms with van der Waals surface area (Å²) in [5, 5.41) is 5.05. The van der Waals surface area contributed by atoms with E-state index in [0.717, 1.165) is 6.42 Å². The van der Waals surface area contributed by atoms with Crippen molar-refractivity contribution in [2.45, 2.75) is 29.2 Å². The minimum atomic E-state index is -3.88. The molecule has 0 radical (unpaired) electrons. The summed E-state index contributed by atoms with van der Waals surface area (Å²) in [6.45, 7) is 5.41. The summed E-state index contributed by atoms with van der Waals surface area (Å²) in [5.41, 5.74) is 0. The molecule has 0 aromatic heterocycles. The van der Waals surface area contributed by atoms with Crippen LogP contribution < -0.4 is 5.14 Å². The van der Waals surface area contributed by atoms with Gasteiger partial charge < -0.3 is 9.64 Å². The monoisotopic (exact) mass is 460 g/mol. The highest BCUT2D eigenvalue weighted by Crippen LogP contribution is 2.19. The lowest BCUT2D eigenvalue weighted by molar-refractivity contribution is -0.140. The van der Waals surface area contributed by atoms with E-state index in [1.165, 1.54) is 28.6 Å². The van der Waals surface area contributed by atoms with E-state index in [4.69, 9.17) is 9.88 Å². The zero-order valence-corrected chi connectivity index (χ0v) is 18.6. The van der Waals surface area contributed by atoms with Crippen molar-refractivity contribution in [1.29, 1.82) is 0 Å². The Morgan fingerprint density at radius 3 is 2.20 bits per heavy atom. The Bertz CT molecular complexity index is 957. The van der Waals surface area contributed by atoms with Gasteiger partial charge in [0.2, 0.25) is 26.0 Å². The number of hydrogen-bond acceptors (Lipinski definition) is 7. The highest BCUT2D eigenvalue weighted by Gasteiger charge is 2.31. The number of benzene rings is 1. The molecule has 1 aromatic carbocycles. The molecule has 0 saturated carbocycles. The average Bonchev–Trinajstić information content (AvgIpc) is 2.73. The minimum absolute atomic E-state index is 0.0124. The van der Waals surface area contributed by atoms with Crippen LogP contribution in [0.5, 0.6) is 0 Å². The number of piperazine rings is 1. The zero-order valence-electron chi connectivity index (χ0n) is 16.9. The summed E-state index contributed by atoms with van der Waals surface area (Å²) >= 11 is 0. The van der Waals surface area contributed by atoms with E-state index in [0.29, 0.717) is 32.8 Å². The molecule has 0 aliphatic carbocycles. The molecule has 168 valence electrons. The Hall–Kier alpha value is -1.57. The van der Waals surface area contributed by atoms with Gasteiger partial charge in [0.25, 0.3) is 0 Å². The summed E-state index contributed by atoms with van der Waals surface area (Å²) in [6, 6.07) is 4.85. The van der Waals surface area contributed by atoms with Gasteiger partial charge in [-0.2, -0.15) is 4.31 Å². The zero-order chi connectivity index (χ0) is 21.9. The van der Waals surface area contributed by atoms with Crippen molar-refractivity contribution in [3.05, 3.63) is 24.3 Å². The van der Waals surface area contributed by atoms with Crippen molar-refractivity contribution in [2.24, 2.45) is 5.14 Å². The lowest BCUT2D eigenvalue weighted by atomic mass is 10.2. The van der Waals surface area contributed by atoms with Crippen LogP contribution in [0.4, 0.5) is 0 Å². The highest BCUT2D eigenvalue weighted by atomic mass is 32.2. The smallest absolute Gasteiger partial charge is 0.243 e. The first kappa shape index (κ1) is 23.1. The number of rotatable bonds is 6. The van der Waals surface area contributed by atoms with Crippen LogP contribution in [-0.4, -0.2) is 95.4 Å². The first-order chi connectivity index (χ1) is 14.1. The lowest BCUT2D eigenvalue weighted by Gasteiger charge is -2.36. The second kappa shape index (κ2) is 9.28. The van der Waals surface area contributed by atoms with Gasteiger partial charge in [-0.3, -0.25) is 9.69 Å². The van der Waals surface area contributed by atoms with Gasteiger partial charge in [0.15, 0.2) is 0 Å². The molecule has 1 aromatic rings. The Morgan fingerprint density at radius 2 is 1.63 bits per heavy atom. The van der Waals surface area contributed by atoms with Crippen LogP contribution >= 0.6 is 0 Å².